The van der Waals surface area contributed by atoms with Crippen LogP contribution in [-0.2, 0) is 9.57 Å². The monoisotopic (exact) mass is 175 g/mol. The second-order valence-corrected chi connectivity index (χ2v) is 3.72. The molecule has 0 radical (unpaired) electrons. The third-order valence-electron chi connectivity index (χ3n) is 1.08. The first-order valence-corrected chi connectivity index (χ1v) is 4.55. The minimum Gasteiger partial charge on any atom is -0.380 e. The van der Waals surface area contributed by atoms with E-state index in [1.807, 2.05) is 20.8 Å². The second-order valence-electron chi connectivity index (χ2n) is 3.72. The molecule has 0 saturated heterocycles. The lowest BCUT2D eigenvalue weighted by molar-refractivity contribution is -0.0787. The molecular weight excluding hydrogens is 154 g/mol. The van der Waals surface area contributed by atoms with Crippen molar-refractivity contribution < 1.29 is 9.57 Å². The van der Waals surface area contributed by atoms with Crippen molar-refractivity contribution >= 4 is 0 Å². The van der Waals surface area contributed by atoms with E-state index in [2.05, 4.69) is 12.4 Å². The normalized spacial score (nSPS) is 12.0. The van der Waals surface area contributed by atoms with E-state index in [-0.39, 0.29) is 5.60 Å². The van der Waals surface area contributed by atoms with Gasteiger partial charge in [0.1, 0.15) is 0 Å². The van der Waals surface area contributed by atoms with Crippen LogP contribution in [0.15, 0.2) is 0 Å². The van der Waals surface area contributed by atoms with Gasteiger partial charge in [-0.15, -0.1) is 0 Å². The van der Waals surface area contributed by atoms with Crippen molar-refractivity contribution in [2.24, 2.45) is 0 Å². The molecule has 0 aromatic heterocycles. The Morgan fingerprint density at radius 3 is 2.33 bits per heavy atom. The van der Waals surface area contributed by atoms with Gasteiger partial charge in [0.15, 0.2) is 0 Å². The molecule has 12 heavy (non-hydrogen) atoms. The standard InChI is InChI=1S/C9H21NO2/c1-5-7-11-8-6-10-12-9(2,3)4/h10H,5-8H2,1-4H3. The molecule has 0 atom stereocenters. The van der Waals surface area contributed by atoms with Crippen LogP contribution >= 0.6 is 0 Å². The highest BCUT2D eigenvalue weighted by atomic mass is 16.7. The zero-order valence-corrected chi connectivity index (χ0v) is 8.64. The van der Waals surface area contributed by atoms with Gasteiger partial charge in [0.25, 0.3) is 0 Å². The summed E-state index contributed by atoms with van der Waals surface area (Å²) in [5, 5.41) is 0. The third-order valence-corrected chi connectivity index (χ3v) is 1.08. The Labute approximate surface area is 75.4 Å². The van der Waals surface area contributed by atoms with Gasteiger partial charge in [0, 0.05) is 13.2 Å². The summed E-state index contributed by atoms with van der Waals surface area (Å²) < 4.78 is 5.26. The Balaban J connectivity index is 3.01. The fourth-order valence-electron chi connectivity index (χ4n) is 0.628. The molecule has 0 rings (SSSR count). The van der Waals surface area contributed by atoms with E-state index < -0.39 is 0 Å². The first-order valence-electron chi connectivity index (χ1n) is 4.55. The van der Waals surface area contributed by atoms with Crippen molar-refractivity contribution in [2.75, 3.05) is 19.8 Å². The lowest BCUT2D eigenvalue weighted by atomic mass is 10.2. The molecule has 0 spiro atoms. The SMILES string of the molecule is CCCOCCNOC(C)(C)C. The quantitative estimate of drug-likeness (QED) is 0.492. The van der Waals surface area contributed by atoms with Crippen LogP contribution in [-0.4, -0.2) is 25.4 Å². The Hall–Kier alpha value is -0.120. The van der Waals surface area contributed by atoms with Gasteiger partial charge in [-0.3, -0.25) is 4.84 Å². The summed E-state index contributed by atoms with van der Waals surface area (Å²) >= 11 is 0. The third kappa shape index (κ3) is 9.88. The van der Waals surface area contributed by atoms with Gasteiger partial charge in [0.2, 0.25) is 0 Å². The van der Waals surface area contributed by atoms with Crippen LogP contribution in [0.4, 0.5) is 0 Å². The molecule has 0 amide bonds. The lowest BCUT2D eigenvalue weighted by Crippen LogP contribution is -2.31. The van der Waals surface area contributed by atoms with Gasteiger partial charge in [-0.1, -0.05) is 6.92 Å². The number of ether oxygens (including phenoxy) is 1. The number of rotatable bonds is 6. The van der Waals surface area contributed by atoms with Gasteiger partial charge in [-0.25, -0.2) is 0 Å². The van der Waals surface area contributed by atoms with Gasteiger partial charge < -0.3 is 4.74 Å². The highest BCUT2D eigenvalue weighted by molar-refractivity contribution is 4.56. The fraction of sp³-hybridized carbons (Fsp3) is 1.00. The molecule has 74 valence electrons. The van der Waals surface area contributed by atoms with Gasteiger partial charge in [-0.05, 0) is 27.2 Å². The summed E-state index contributed by atoms with van der Waals surface area (Å²) in [7, 11) is 0. The maximum absolute atomic E-state index is 5.28. The molecule has 0 fully saturated rings. The first kappa shape index (κ1) is 11.9. The molecule has 0 saturated carbocycles. The van der Waals surface area contributed by atoms with E-state index in [0.29, 0.717) is 6.61 Å². The van der Waals surface area contributed by atoms with E-state index in [1.54, 1.807) is 0 Å². The number of hydrogen-bond donors (Lipinski definition) is 1. The van der Waals surface area contributed by atoms with Crippen LogP contribution in [0.25, 0.3) is 0 Å². The van der Waals surface area contributed by atoms with E-state index in [4.69, 9.17) is 9.57 Å². The minimum absolute atomic E-state index is 0.120. The van der Waals surface area contributed by atoms with Crippen molar-refractivity contribution in [1.82, 2.24) is 5.48 Å². The maximum Gasteiger partial charge on any atom is 0.0812 e. The van der Waals surface area contributed by atoms with E-state index >= 15 is 0 Å². The summed E-state index contributed by atoms with van der Waals surface area (Å²) in [5.41, 5.74) is 2.74. The molecule has 0 unspecified atom stereocenters. The van der Waals surface area contributed by atoms with Crippen molar-refractivity contribution in [2.45, 2.75) is 39.7 Å². The van der Waals surface area contributed by atoms with Crippen molar-refractivity contribution in [3.8, 4) is 0 Å². The molecule has 0 aliphatic heterocycles. The van der Waals surface area contributed by atoms with Crippen LogP contribution < -0.4 is 5.48 Å². The molecular formula is C9H21NO2. The largest absolute Gasteiger partial charge is 0.380 e. The predicted octanol–water partition coefficient (Wildman–Crippen LogP) is 1.73. The Kier molecular flexibility index (Phi) is 6.34. The average molecular weight is 175 g/mol. The lowest BCUT2D eigenvalue weighted by Gasteiger charge is -2.19. The van der Waals surface area contributed by atoms with Crippen LogP contribution in [0.3, 0.4) is 0 Å². The Morgan fingerprint density at radius 1 is 1.17 bits per heavy atom. The van der Waals surface area contributed by atoms with E-state index in [0.717, 1.165) is 19.6 Å². The van der Waals surface area contributed by atoms with Crippen LogP contribution in [0, 0.1) is 0 Å². The smallest absolute Gasteiger partial charge is 0.0812 e. The van der Waals surface area contributed by atoms with Crippen molar-refractivity contribution in [1.29, 1.82) is 0 Å². The summed E-state index contributed by atoms with van der Waals surface area (Å²) in [6, 6.07) is 0. The number of hydrogen-bond acceptors (Lipinski definition) is 3. The first-order chi connectivity index (χ1) is 5.56. The zero-order chi connectivity index (χ0) is 9.45. The number of hydroxylamine groups is 1. The number of nitrogens with one attached hydrogen (secondary N) is 1. The molecule has 1 N–H and O–H groups in total. The molecule has 3 nitrogen and oxygen atoms in total. The fourth-order valence-corrected chi connectivity index (χ4v) is 0.628. The highest BCUT2D eigenvalue weighted by Gasteiger charge is 2.08. The molecule has 0 aromatic rings. The molecule has 0 heterocycles. The van der Waals surface area contributed by atoms with Crippen LogP contribution in [0.1, 0.15) is 34.1 Å². The predicted molar refractivity (Wildman–Crippen MR) is 50.0 cm³/mol. The van der Waals surface area contributed by atoms with Crippen LogP contribution in [0.5, 0.6) is 0 Å². The van der Waals surface area contributed by atoms with Gasteiger partial charge in [-0.2, -0.15) is 5.48 Å². The Bertz CT molecular complexity index is 99.2. The summed E-state index contributed by atoms with van der Waals surface area (Å²) in [6.07, 6.45) is 1.07. The topological polar surface area (TPSA) is 30.5 Å². The minimum atomic E-state index is -0.120. The van der Waals surface area contributed by atoms with Crippen molar-refractivity contribution in [3.05, 3.63) is 0 Å². The summed E-state index contributed by atoms with van der Waals surface area (Å²) in [5.74, 6) is 0. The highest BCUT2D eigenvalue weighted by Crippen LogP contribution is 2.02. The maximum atomic E-state index is 5.28. The van der Waals surface area contributed by atoms with Crippen LogP contribution in [0.2, 0.25) is 0 Å². The van der Waals surface area contributed by atoms with E-state index in [1.165, 1.54) is 0 Å². The van der Waals surface area contributed by atoms with Gasteiger partial charge >= 0.3 is 0 Å². The average Bonchev–Trinajstić information content (AvgIpc) is 1.94. The van der Waals surface area contributed by atoms with Crippen molar-refractivity contribution in [3.63, 3.8) is 0 Å². The van der Waals surface area contributed by atoms with Gasteiger partial charge in [0.05, 0.1) is 12.2 Å². The molecule has 0 aliphatic rings. The second kappa shape index (κ2) is 6.40. The molecule has 0 aliphatic carbocycles. The molecule has 3 heteroatoms. The summed E-state index contributed by atoms with van der Waals surface area (Å²) in [4.78, 5) is 5.28. The zero-order valence-electron chi connectivity index (χ0n) is 8.64. The molecule has 0 aromatic carbocycles. The van der Waals surface area contributed by atoms with E-state index in [9.17, 15) is 0 Å². The molecule has 0 bridgehead atoms. The summed E-state index contributed by atoms with van der Waals surface area (Å²) in [6.45, 7) is 10.4. The Morgan fingerprint density at radius 2 is 1.83 bits per heavy atom.